The number of nitrogens with one attached hydrogen (secondary N) is 1. The molecule has 5 nitrogen and oxygen atoms in total. The van der Waals surface area contributed by atoms with E-state index in [0.717, 1.165) is 37.8 Å². The van der Waals surface area contributed by atoms with Crippen LogP contribution in [0.1, 0.15) is 56.5 Å². The molecule has 0 aromatic carbocycles. The van der Waals surface area contributed by atoms with Crippen molar-refractivity contribution in [1.82, 2.24) is 4.90 Å². The molecule has 2 aliphatic carbocycles. The monoisotopic (exact) mass is 401 g/mol. The first-order valence-corrected chi connectivity index (χ1v) is 11.4. The summed E-state index contributed by atoms with van der Waals surface area (Å²) in [7, 11) is 0. The topological polar surface area (TPSA) is 75.4 Å². The summed E-state index contributed by atoms with van der Waals surface area (Å²) in [5.74, 6) is 0.210. The van der Waals surface area contributed by atoms with E-state index >= 15 is 0 Å². The Morgan fingerprint density at radius 1 is 1.22 bits per heavy atom. The van der Waals surface area contributed by atoms with Crippen LogP contribution in [-0.4, -0.2) is 29.8 Å². The lowest BCUT2D eigenvalue weighted by molar-refractivity contribution is -0.118. The summed E-state index contributed by atoms with van der Waals surface area (Å²) >= 11 is 3.37. The lowest BCUT2D eigenvalue weighted by atomic mass is 9.96. The number of fused-ring (bicyclic) bond motifs is 2. The van der Waals surface area contributed by atoms with Gasteiger partial charge in [-0.3, -0.25) is 14.5 Å². The van der Waals surface area contributed by atoms with Crippen LogP contribution in [0.2, 0.25) is 0 Å². The van der Waals surface area contributed by atoms with Crippen molar-refractivity contribution in [2.45, 2.75) is 44.6 Å². The first kappa shape index (κ1) is 17.4. The highest BCUT2D eigenvalue weighted by Gasteiger charge is 2.40. The van der Waals surface area contributed by atoms with Crippen LogP contribution in [0.15, 0.2) is 11.4 Å². The first-order chi connectivity index (χ1) is 13.1. The Hall–Kier alpha value is -1.70. The quantitative estimate of drug-likeness (QED) is 0.807. The van der Waals surface area contributed by atoms with Gasteiger partial charge in [0, 0.05) is 22.3 Å². The van der Waals surface area contributed by atoms with E-state index in [1.807, 2.05) is 11.3 Å². The zero-order valence-corrected chi connectivity index (χ0v) is 16.8. The van der Waals surface area contributed by atoms with Gasteiger partial charge in [0.1, 0.15) is 5.00 Å². The third-order valence-corrected chi connectivity index (χ3v) is 8.16. The second kappa shape index (κ2) is 6.72. The van der Waals surface area contributed by atoms with Crippen molar-refractivity contribution in [2.75, 3.05) is 18.4 Å². The molecule has 0 bridgehead atoms. The molecule has 142 valence electrons. The molecule has 3 N–H and O–H groups in total. The molecule has 1 atom stereocenters. The minimum Gasteiger partial charge on any atom is -0.365 e. The number of hydrogen-bond donors (Lipinski definition) is 2. The number of carbonyl (C=O) groups is 2. The fourth-order valence-electron chi connectivity index (χ4n) is 4.64. The van der Waals surface area contributed by atoms with Gasteiger partial charge >= 0.3 is 0 Å². The Morgan fingerprint density at radius 3 is 2.85 bits per heavy atom. The summed E-state index contributed by atoms with van der Waals surface area (Å²) in [5.41, 5.74) is 8.63. The Labute approximate surface area is 166 Å². The molecule has 1 saturated carbocycles. The first-order valence-electron chi connectivity index (χ1n) is 9.66. The molecular weight excluding hydrogens is 378 g/mol. The van der Waals surface area contributed by atoms with Gasteiger partial charge in [0.15, 0.2) is 0 Å². The molecule has 7 heteroatoms. The predicted molar refractivity (Wildman–Crippen MR) is 109 cm³/mol. The van der Waals surface area contributed by atoms with Gasteiger partial charge in [0.2, 0.25) is 5.91 Å². The predicted octanol–water partition coefficient (Wildman–Crippen LogP) is 3.35. The molecule has 5 rings (SSSR count). The standard InChI is InChI=1S/C20H23N3O2S2/c21-19(25)17-12-2-1-3-15(12)27-20(17)22-16(24)10-23-8-6-14-13(7-9-26-14)18(23)11-4-5-11/h7,9,11,18H,1-6,8,10H2,(H2,21,25)(H,22,24)/t18-/m1/s1. The number of carbonyl (C=O) groups excluding carboxylic acids is 2. The van der Waals surface area contributed by atoms with Crippen LogP contribution < -0.4 is 11.1 Å². The van der Waals surface area contributed by atoms with Gasteiger partial charge in [-0.2, -0.15) is 0 Å². The number of primary amides is 1. The average Bonchev–Trinajstić information content (AvgIpc) is 3.01. The highest BCUT2D eigenvalue weighted by molar-refractivity contribution is 7.17. The number of hydrogen-bond acceptors (Lipinski definition) is 5. The zero-order chi connectivity index (χ0) is 18.5. The molecule has 2 aromatic heterocycles. The van der Waals surface area contributed by atoms with E-state index in [9.17, 15) is 9.59 Å². The van der Waals surface area contributed by atoms with Crippen LogP contribution in [0.4, 0.5) is 5.00 Å². The Balaban J connectivity index is 1.34. The molecule has 1 aliphatic heterocycles. The van der Waals surface area contributed by atoms with Crippen LogP contribution in [0.25, 0.3) is 0 Å². The Morgan fingerprint density at radius 2 is 2.07 bits per heavy atom. The molecule has 3 heterocycles. The molecular formula is C20H23N3O2S2. The molecule has 3 aliphatic rings. The number of thiophene rings is 2. The van der Waals surface area contributed by atoms with E-state index in [-0.39, 0.29) is 5.91 Å². The number of anilines is 1. The zero-order valence-electron chi connectivity index (χ0n) is 15.1. The van der Waals surface area contributed by atoms with Crippen molar-refractivity contribution in [2.24, 2.45) is 11.7 Å². The van der Waals surface area contributed by atoms with Gasteiger partial charge in [0.05, 0.1) is 12.1 Å². The van der Waals surface area contributed by atoms with E-state index in [2.05, 4.69) is 21.7 Å². The van der Waals surface area contributed by atoms with Gasteiger partial charge in [-0.25, -0.2) is 0 Å². The number of nitrogens with zero attached hydrogens (tertiary/aromatic N) is 1. The minimum atomic E-state index is -0.429. The fourth-order valence-corrected chi connectivity index (χ4v) is 6.87. The summed E-state index contributed by atoms with van der Waals surface area (Å²) in [6.45, 7) is 1.29. The molecule has 27 heavy (non-hydrogen) atoms. The summed E-state index contributed by atoms with van der Waals surface area (Å²) in [6.07, 6.45) is 6.45. The van der Waals surface area contributed by atoms with Crippen molar-refractivity contribution < 1.29 is 9.59 Å². The third-order valence-electron chi connectivity index (χ3n) is 5.95. The fraction of sp³-hybridized carbons (Fsp3) is 0.500. The van der Waals surface area contributed by atoms with E-state index in [0.29, 0.717) is 29.1 Å². The van der Waals surface area contributed by atoms with E-state index < -0.39 is 5.91 Å². The normalized spacial score (nSPS) is 21.7. The van der Waals surface area contributed by atoms with Crippen LogP contribution >= 0.6 is 22.7 Å². The summed E-state index contributed by atoms with van der Waals surface area (Å²) in [6, 6.07) is 2.61. The Bertz CT molecular complexity index is 912. The molecule has 0 radical (unpaired) electrons. The maximum Gasteiger partial charge on any atom is 0.251 e. The van der Waals surface area contributed by atoms with Crippen LogP contribution in [0, 0.1) is 5.92 Å². The lowest BCUT2D eigenvalue weighted by Crippen LogP contribution is -2.41. The molecule has 0 unspecified atom stereocenters. The Kier molecular flexibility index (Phi) is 4.33. The van der Waals surface area contributed by atoms with Gasteiger partial charge in [0.25, 0.3) is 5.91 Å². The van der Waals surface area contributed by atoms with Gasteiger partial charge < -0.3 is 11.1 Å². The van der Waals surface area contributed by atoms with E-state index in [4.69, 9.17) is 5.73 Å². The van der Waals surface area contributed by atoms with E-state index in [1.165, 1.54) is 39.5 Å². The van der Waals surface area contributed by atoms with Crippen LogP contribution in [0.3, 0.4) is 0 Å². The number of aryl methyl sites for hydroxylation is 1. The second-order valence-corrected chi connectivity index (χ2v) is 9.88. The summed E-state index contributed by atoms with van der Waals surface area (Å²) < 4.78 is 0. The maximum absolute atomic E-state index is 12.8. The van der Waals surface area contributed by atoms with Crippen LogP contribution in [0.5, 0.6) is 0 Å². The molecule has 2 aromatic rings. The average molecular weight is 402 g/mol. The minimum absolute atomic E-state index is 0.0400. The van der Waals surface area contributed by atoms with Gasteiger partial charge in [-0.1, -0.05) is 0 Å². The van der Waals surface area contributed by atoms with Crippen molar-refractivity contribution in [3.8, 4) is 0 Å². The number of rotatable bonds is 5. The van der Waals surface area contributed by atoms with Crippen molar-refractivity contribution in [3.05, 3.63) is 37.9 Å². The van der Waals surface area contributed by atoms with Crippen molar-refractivity contribution in [3.63, 3.8) is 0 Å². The molecule has 0 saturated heterocycles. The van der Waals surface area contributed by atoms with Gasteiger partial charge in [-0.15, -0.1) is 22.7 Å². The summed E-state index contributed by atoms with van der Waals surface area (Å²) in [4.78, 5) is 29.8. The highest BCUT2D eigenvalue weighted by Crippen LogP contribution is 2.48. The molecule has 0 spiro atoms. The van der Waals surface area contributed by atoms with Crippen molar-refractivity contribution in [1.29, 1.82) is 0 Å². The summed E-state index contributed by atoms with van der Waals surface area (Å²) in [5, 5.41) is 5.83. The van der Waals surface area contributed by atoms with Gasteiger partial charge in [-0.05, 0) is 67.0 Å². The third kappa shape index (κ3) is 3.11. The van der Waals surface area contributed by atoms with Crippen LogP contribution in [-0.2, 0) is 24.1 Å². The molecule has 2 amide bonds. The largest absolute Gasteiger partial charge is 0.365 e. The maximum atomic E-state index is 12.8. The molecule has 1 fully saturated rings. The SMILES string of the molecule is NC(=O)c1c(NC(=O)CN2CCc3sccc3[C@H]2C2CC2)sc2c1CCC2. The number of amides is 2. The lowest BCUT2D eigenvalue weighted by Gasteiger charge is -2.35. The van der Waals surface area contributed by atoms with E-state index in [1.54, 1.807) is 0 Å². The van der Waals surface area contributed by atoms with Crippen molar-refractivity contribution >= 4 is 39.5 Å². The highest BCUT2D eigenvalue weighted by atomic mass is 32.1. The second-order valence-electron chi connectivity index (χ2n) is 7.78. The smallest absolute Gasteiger partial charge is 0.251 e. The number of nitrogens with two attached hydrogens (primary N) is 1.